The predicted octanol–water partition coefficient (Wildman–Crippen LogP) is 4.43. The zero-order valence-electron chi connectivity index (χ0n) is 16.5. The zero-order valence-corrected chi connectivity index (χ0v) is 16.5. The van der Waals surface area contributed by atoms with Crippen molar-refractivity contribution in [2.45, 2.75) is 46.6 Å². The molecule has 0 unspecified atom stereocenters. The maximum atomic E-state index is 9.54. The van der Waals surface area contributed by atoms with Gasteiger partial charge in [-0.2, -0.15) is 0 Å². The minimum atomic E-state index is 0.0260. The lowest BCUT2D eigenvalue weighted by Gasteiger charge is -2.15. The normalized spacial score (nSPS) is 12.8. The molecule has 2 N–H and O–H groups in total. The second-order valence-electron chi connectivity index (χ2n) is 7.31. The highest BCUT2D eigenvalue weighted by Gasteiger charge is 2.17. The molecule has 3 heterocycles. The van der Waals surface area contributed by atoms with Gasteiger partial charge in [0, 0.05) is 24.5 Å². The van der Waals surface area contributed by atoms with Crippen LogP contribution in [0.15, 0.2) is 24.4 Å². The third-order valence-electron chi connectivity index (χ3n) is 4.92. The number of rotatable bonds is 5. The van der Waals surface area contributed by atoms with E-state index in [4.69, 9.17) is 9.97 Å². The molecule has 0 aliphatic carbocycles. The van der Waals surface area contributed by atoms with Gasteiger partial charge in [-0.3, -0.25) is 0 Å². The number of pyridine rings is 2. The molecular weight excluding hydrogens is 324 g/mol. The molecule has 5 heteroatoms. The van der Waals surface area contributed by atoms with Crippen molar-refractivity contribution in [3.05, 3.63) is 41.2 Å². The van der Waals surface area contributed by atoms with Crippen molar-refractivity contribution in [2.24, 2.45) is 0 Å². The fourth-order valence-corrected chi connectivity index (χ4v) is 3.33. The van der Waals surface area contributed by atoms with E-state index in [1.54, 1.807) is 0 Å². The number of anilines is 1. The third kappa shape index (κ3) is 3.07. The summed E-state index contributed by atoms with van der Waals surface area (Å²) < 4.78 is 2.10. The smallest absolute Gasteiger partial charge is 0.135 e. The fraction of sp³-hybridized carbons (Fsp3) is 0.429. The van der Waals surface area contributed by atoms with Gasteiger partial charge in [0.05, 0.1) is 29.4 Å². The van der Waals surface area contributed by atoms with Gasteiger partial charge in [-0.05, 0) is 56.0 Å². The average molecular weight is 352 g/mol. The number of aliphatic hydroxyl groups excluding tert-OH is 1. The largest absolute Gasteiger partial charge is 0.394 e. The van der Waals surface area contributed by atoms with Crippen LogP contribution >= 0.6 is 0 Å². The monoisotopic (exact) mass is 352 g/mol. The van der Waals surface area contributed by atoms with Crippen molar-refractivity contribution in [1.29, 1.82) is 0 Å². The first kappa shape index (κ1) is 18.4. The molecule has 0 aliphatic heterocycles. The van der Waals surface area contributed by atoms with Crippen LogP contribution in [0.4, 0.5) is 5.82 Å². The highest BCUT2D eigenvalue weighted by Crippen LogP contribution is 2.33. The summed E-state index contributed by atoms with van der Waals surface area (Å²) in [6, 6.07) is 6.38. The maximum Gasteiger partial charge on any atom is 0.135 e. The van der Waals surface area contributed by atoms with Crippen LogP contribution in [-0.2, 0) is 0 Å². The van der Waals surface area contributed by atoms with E-state index in [-0.39, 0.29) is 12.6 Å². The number of aromatic nitrogens is 3. The van der Waals surface area contributed by atoms with Crippen LogP contribution in [0.5, 0.6) is 0 Å². The molecule has 138 valence electrons. The van der Waals surface area contributed by atoms with E-state index in [0.717, 1.165) is 44.9 Å². The standard InChI is InChI=1S/C21H28N4O/c1-12(2)17-8-7-16(21(22-6)23-17)19-13(3)9-18-20(24-19)14(4)10-25(18)15(5)11-26/h7-10,12,15,26H,11H2,1-6H3,(H,22,23)/t15-/m0/s1. The minimum Gasteiger partial charge on any atom is -0.394 e. The van der Waals surface area contributed by atoms with Crippen LogP contribution in [-0.4, -0.2) is 33.3 Å². The third-order valence-corrected chi connectivity index (χ3v) is 4.92. The number of hydrogen-bond donors (Lipinski definition) is 2. The molecule has 0 saturated heterocycles. The van der Waals surface area contributed by atoms with E-state index in [0.29, 0.717) is 5.92 Å². The Kier molecular flexibility index (Phi) is 5.01. The highest BCUT2D eigenvalue weighted by molar-refractivity contribution is 5.86. The Balaban J connectivity index is 2.21. The van der Waals surface area contributed by atoms with Gasteiger partial charge in [0.15, 0.2) is 0 Å². The Hall–Kier alpha value is -2.40. The van der Waals surface area contributed by atoms with Crippen molar-refractivity contribution >= 4 is 16.9 Å². The van der Waals surface area contributed by atoms with Gasteiger partial charge >= 0.3 is 0 Å². The van der Waals surface area contributed by atoms with E-state index in [9.17, 15) is 5.11 Å². The second kappa shape index (κ2) is 7.08. The quantitative estimate of drug-likeness (QED) is 0.713. The van der Waals surface area contributed by atoms with Gasteiger partial charge in [-0.15, -0.1) is 0 Å². The molecule has 5 nitrogen and oxygen atoms in total. The molecule has 0 amide bonds. The highest BCUT2D eigenvalue weighted by atomic mass is 16.3. The van der Waals surface area contributed by atoms with Crippen molar-refractivity contribution in [1.82, 2.24) is 14.5 Å². The van der Waals surface area contributed by atoms with E-state index in [1.165, 1.54) is 0 Å². The summed E-state index contributed by atoms with van der Waals surface area (Å²) >= 11 is 0. The Morgan fingerprint density at radius 3 is 2.46 bits per heavy atom. The number of aliphatic hydroxyl groups is 1. The molecule has 0 fully saturated rings. The number of fused-ring (bicyclic) bond motifs is 1. The van der Waals surface area contributed by atoms with Crippen molar-refractivity contribution in [2.75, 3.05) is 19.0 Å². The van der Waals surface area contributed by atoms with Crippen LogP contribution < -0.4 is 5.32 Å². The molecule has 0 radical (unpaired) electrons. The molecular formula is C21H28N4O. The van der Waals surface area contributed by atoms with Crippen LogP contribution in [0.3, 0.4) is 0 Å². The fourth-order valence-electron chi connectivity index (χ4n) is 3.33. The van der Waals surface area contributed by atoms with Gasteiger partial charge in [0.2, 0.25) is 0 Å². The number of nitrogens with one attached hydrogen (secondary N) is 1. The van der Waals surface area contributed by atoms with Crippen LogP contribution in [0, 0.1) is 13.8 Å². The summed E-state index contributed by atoms with van der Waals surface area (Å²) in [6.45, 7) is 10.5. The Morgan fingerprint density at radius 2 is 1.85 bits per heavy atom. The van der Waals surface area contributed by atoms with Crippen molar-refractivity contribution < 1.29 is 5.11 Å². The Labute approximate surface area is 155 Å². The summed E-state index contributed by atoms with van der Waals surface area (Å²) in [5, 5.41) is 12.8. The number of hydrogen-bond acceptors (Lipinski definition) is 4. The Morgan fingerprint density at radius 1 is 1.12 bits per heavy atom. The molecule has 1 atom stereocenters. The Bertz CT molecular complexity index is 943. The van der Waals surface area contributed by atoms with Gasteiger partial charge in [0.25, 0.3) is 0 Å². The first-order chi connectivity index (χ1) is 12.4. The molecule has 3 rings (SSSR count). The summed E-state index contributed by atoms with van der Waals surface area (Å²) in [5.41, 5.74) is 7.26. The predicted molar refractivity (Wildman–Crippen MR) is 108 cm³/mol. The molecule has 0 aromatic carbocycles. The summed E-state index contributed by atoms with van der Waals surface area (Å²) in [4.78, 5) is 9.75. The number of nitrogens with zero attached hydrogens (tertiary/aromatic N) is 3. The molecule has 0 spiro atoms. The van der Waals surface area contributed by atoms with E-state index >= 15 is 0 Å². The lowest BCUT2D eigenvalue weighted by atomic mass is 10.0. The lowest BCUT2D eigenvalue weighted by molar-refractivity contribution is 0.241. The van der Waals surface area contributed by atoms with Gasteiger partial charge in [-0.25, -0.2) is 9.97 Å². The summed E-state index contributed by atoms with van der Waals surface area (Å²) in [5.74, 6) is 1.23. The first-order valence-corrected chi connectivity index (χ1v) is 9.16. The van der Waals surface area contributed by atoms with E-state index in [2.05, 4.69) is 62.0 Å². The first-order valence-electron chi connectivity index (χ1n) is 9.16. The lowest BCUT2D eigenvalue weighted by Crippen LogP contribution is -2.08. The van der Waals surface area contributed by atoms with Gasteiger partial charge < -0.3 is 15.0 Å². The SMILES string of the molecule is CNc1nc(C(C)C)ccc1-c1nc2c(C)cn([C@@H](C)CO)c2cc1C. The van der Waals surface area contributed by atoms with E-state index in [1.807, 2.05) is 14.0 Å². The van der Waals surface area contributed by atoms with Gasteiger partial charge in [0.1, 0.15) is 5.82 Å². The second-order valence-corrected chi connectivity index (χ2v) is 7.31. The van der Waals surface area contributed by atoms with Crippen molar-refractivity contribution in [3.8, 4) is 11.3 Å². The molecule has 0 bridgehead atoms. The minimum absolute atomic E-state index is 0.0260. The maximum absolute atomic E-state index is 9.54. The number of aryl methyl sites for hydroxylation is 2. The van der Waals surface area contributed by atoms with Crippen LogP contribution in [0.1, 0.15) is 49.6 Å². The average Bonchev–Trinajstić information content (AvgIpc) is 2.95. The molecule has 3 aromatic rings. The topological polar surface area (TPSA) is 63.0 Å². The van der Waals surface area contributed by atoms with Crippen molar-refractivity contribution in [3.63, 3.8) is 0 Å². The molecule has 3 aromatic heterocycles. The van der Waals surface area contributed by atoms with E-state index < -0.39 is 0 Å². The molecule has 26 heavy (non-hydrogen) atoms. The van der Waals surface area contributed by atoms with Crippen LogP contribution in [0.2, 0.25) is 0 Å². The molecule has 0 saturated carbocycles. The van der Waals surface area contributed by atoms with Crippen LogP contribution in [0.25, 0.3) is 22.3 Å². The zero-order chi connectivity index (χ0) is 19.0. The summed E-state index contributed by atoms with van der Waals surface area (Å²) in [6.07, 6.45) is 2.07. The van der Waals surface area contributed by atoms with Gasteiger partial charge in [-0.1, -0.05) is 13.8 Å². The molecule has 0 aliphatic rings. The summed E-state index contributed by atoms with van der Waals surface area (Å²) in [7, 11) is 1.90.